The van der Waals surface area contributed by atoms with Gasteiger partial charge in [-0.25, -0.2) is 0 Å². The lowest BCUT2D eigenvalue weighted by Crippen LogP contribution is -2.54. The van der Waals surface area contributed by atoms with Gasteiger partial charge in [-0.3, -0.25) is 53.3 Å². The molecule has 2 saturated heterocycles. The van der Waals surface area contributed by atoms with E-state index in [-0.39, 0.29) is 84.6 Å². The summed E-state index contributed by atoms with van der Waals surface area (Å²) >= 11 is 6.25. The second kappa shape index (κ2) is 20.6. The van der Waals surface area contributed by atoms with Gasteiger partial charge in [0.05, 0.1) is 48.3 Å². The van der Waals surface area contributed by atoms with Gasteiger partial charge in [0.2, 0.25) is 23.6 Å². The molecule has 19 nitrogen and oxygen atoms in total. The number of benzene rings is 4. The Kier molecular flexibility index (Phi) is 13.7. The highest BCUT2D eigenvalue weighted by Crippen LogP contribution is 2.53. The molecule has 0 spiro atoms. The molecule has 1 aromatic heterocycles. The minimum absolute atomic E-state index is 0.00455. The number of amides is 7. The number of piperidine rings is 1. The van der Waals surface area contributed by atoms with Crippen LogP contribution in [0, 0.1) is 24.7 Å². The van der Waals surface area contributed by atoms with Gasteiger partial charge >= 0.3 is 7.12 Å². The first-order valence-corrected chi connectivity index (χ1v) is 25.7. The van der Waals surface area contributed by atoms with Gasteiger partial charge in [-0.05, 0) is 117 Å². The first-order valence-electron chi connectivity index (χ1n) is 25.4. The van der Waals surface area contributed by atoms with Gasteiger partial charge in [-0.15, -0.1) is 10.2 Å². The Morgan fingerprint density at radius 1 is 0.853 bits per heavy atom. The lowest BCUT2D eigenvalue weighted by molar-refractivity contribution is -0.136. The van der Waals surface area contributed by atoms with Crippen LogP contribution in [0.5, 0.6) is 5.75 Å². The molecule has 2 saturated carbocycles. The number of halogens is 1. The van der Waals surface area contributed by atoms with E-state index in [1.54, 1.807) is 49.6 Å². The summed E-state index contributed by atoms with van der Waals surface area (Å²) in [6.07, 6.45) is 3.15. The van der Waals surface area contributed by atoms with Crippen molar-refractivity contribution in [2.75, 3.05) is 20.2 Å². The van der Waals surface area contributed by atoms with Crippen molar-refractivity contribution in [2.24, 2.45) is 22.7 Å². The highest BCUT2D eigenvalue weighted by Gasteiger charge is 2.61. The number of carbonyl (C=O) groups is 7. The molecular formula is C54H53BClN9O10. The highest BCUT2D eigenvalue weighted by molar-refractivity contribution is 6.62. The summed E-state index contributed by atoms with van der Waals surface area (Å²) in [6.45, 7) is 2.76. The van der Waals surface area contributed by atoms with Crippen LogP contribution in [-0.4, -0.2) is 112 Å². The Labute approximate surface area is 436 Å². The molecule has 11 rings (SSSR count). The molecule has 2 aliphatic carbocycles. The molecule has 1 unspecified atom stereocenters. The number of rotatable bonds is 16. The molecule has 21 heteroatoms. The summed E-state index contributed by atoms with van der Waals surface area (Å²) in [5.74, 6) is -1.43. The Balaban J connectivity index is 0.637. The molecule has 0 radical (unpaired) electrons. The van der Waals surface area contributed by atoms with Crippen molar-refractivity contribution in [3.8, 4) is 11.4 Å². The Hall–Kier alpha value is -7.55. The maximum atomic E-state index is 13.8. The van der Waals surface area contributed by atoms with E-state index in [2.05, 4.69) is 31.5 Å². The number of nitrogens with zero attached hydrogens (tertiary/aromatic N) is 5. The van der Waals surface area contributed by atoms with Crippen molar-refractivity contribution in [1.82, 2.24) is 40.9 Å². The quantitative estimate of drug-likeness (QED) is 0.0621. The summed E-state index contributed by atoms with van der Waals surface area (Å²) in [7, 11) is 0.903. The lowest BCUT2D eigenvalue weighted by atomic mass is 9.78. The number of unbranched alkanes of at least 4 members (excludes halogenated alkanes) is 2. The molecule has 2 bridgehead atoms. The predicted molar refractivity (Wildman–Crippen MR) is 273 cm³/mol. The van der Waals surface area contributed by atoms with E-state index in [1.807, 2.05) is 47.9 Å². The molecule has 6 aliphatic rings. The van der Waals surface area contributed by atoms with E-state index >= 15 is 0 Å². The molecular weight excluding hydrogens is 981 g/mol. The Morgan fingerprint density at radius 3 is 2.44 bits per heavy atom. The highest BCUT2D eigenvalue weighted by atomic mass is 35.5. The maximum absolute atomic E-state index is 13.8. The summed E-state index contributed by atoms with van der Waals surface area (Å²) < 4.78 is 20.5. The number of methoxy groups -OCH3 is 1. The van der Waals surface area contributed by atoms with Crippen LogP contribution in [0.2, 0.25) is 5.02 Å². The second-order valence-electron chi connectivity index (χ2n) is 19.9. The number of aryl methyl sites for hydroxylation is 1. The van der Waals surface area contributed by atoms with Gasteiger partial charge in [0.1, 0.15) is 23.7 Å². The van der Waals surface area contributed by atoms with Crippen LogP contribution < -0.4 is 31.5 Å². The van der Waals surface area contributed by atoms with E-state index in [0.29, 0.717) is 77.1 Å². The van der Waals surface area contributed by atoms with Crippen molar-refractivity contribution >= 4 is 71.2 Å². The number of imide groups is 2. The molecule has 5 aromatic rings. The van der Waals surface area contributed by atoms with Crippen LogP contribution in [0.1, 0.15) is 117 Å². The molecule has 7 amide bonds. The average Bonchev–Trinajstić information content (AvgIpc) is 4.24. The van der Waals surface area contributed by atoms with Crippen molar-refractivity contribution in [3.63, 3.8) is 0 Å². The summed E-state index contributed by atoms with van der Waals surface area (Å²) in [6, 6.07) is 23.4. The third-order valence-corrected chi connectivity index (χ3v) is 15.5. The van der Waals surface area contributed by atoms with E-state index in [1.165, 1.54) is 6.07 Å². The van der Waals surface area contributed by atoms with Crippen molar-refractivity contribution in [3.05, 3.63) is 135 Å². The van der Waals surface area contributed by atoms with E-state index in [9.17, 15) is 33.6 Å². The van der Waals surface area contributed by atoms with Gasteiger partial charge in [-0.2, -0.15) is 0 Å². The van der Waals surface area contributed by atoms with Crippen LogP contribution in [0.25, 0.3) is 5.69 Å². The summed E-state index contributed by atoms with van der Waals surface area (Å²) in [5.41, 5.74) is 5.08. The van der Waals surface area contributed by atoms with Crippen LogP contribution in [0.4, 0.5) is 0 Å². The Bertz CT molecular complexity index is 3200. The SMILES string of the molecule is COc1ccc2c(c1)C(c1ccc(Cl)cc1)=N[C@@H](CC(=O)NCCCCCNC(=O)c1cccc(B3O[C@@H]4[C@@H]5C[C@@H](C[C@H]5C(=O)NCc5cccc6c5C(=O)N(C5CCC(=O)NC5=O)C6=O)[C@@H]4O3)c1)c1nnc(C)n1-2. The maximum Gasteiger partial charge on any atom is 0.494 e. The minimum atomic E-state index is -1.09. The smallest absolute Gasteiger partial charge is 0.494 e. The predicted octanol–water partition coefficient (Wildman–Crippen LogP) is 4.09. The third kappa shape index (κ3) is 9.50. The number of hydrogen-bond donors (Lipinski definition) is 4. The van der Waals surface area contributed by atoms with Crippen LogP contribution in [0.15, 0.2) is 89.9 Å². The fraction of sp³-hybridized carbons (Fsp3) is 0.370. The molecule has 384 valence electrons. The van der Waals surface area contributed by atoms with Gasteiger partial charge < -0.3 is 30.0 Å². The molecule has 5 heterocycles. The van der Waals surface area contributed by atoms with Crippen LogP contribution >= 0.6 is 11.6 Å². The number of aromatic nitrogens is 3. The van der Waals surface area contributed by atoms with Gasteiger partial charge in [0.15, 0.2) is 5.82 Å². The molecule has 75 heavy (non-hydrogen) atoms. The molecule has 7 atom stereocenters. The van der Waals surface area contributed by atoms with Crippen molar-refractivity contribution in [2.45, 2.75) is 89.1 Å². The topological polar surface area (TPSA) is 242 Å². The second-order valence-corrected chi connectivity index (χ2v) is 20.3. The first-order chi connectivity index (χ1) is 36.3. The molecule has 4 aliphatic heterocycles. The van der Waals surface area contributed by atoms with Gasteiger partial charge in [-0.1, -0.05) is 48.0 Å². The number of hydrogen-bond acceptors (Lipinski definition) is 13. The number of fused-ring (bicyclic) bond motifs is 9. The first kappa shape index (κ1) is 49.7. The lowest BCUT2D eigenvalue weighted by Gasteiger charge is -2.29. The summed E-state index contributed by atoms with van der Waals surface area (Å²) in [4.78, 5) is 97.8. The number of nitrogens with one attached hydrogen (secondary N) is 4. The molecule has 4 N–H and O–H groups in total. The van der Waals surface area contributed by atoms with Crippen molar-refractivity contribution in [1.29, 1.82) is 0 Å². The van der Waals surface area contributed by atoms with E-state index in [0.717, 1.165) is 34.6 Å². The zero-order valence-corrected chi connectivity index (χ0v) is 41.9. The largest absolute Gasteiger partial charge is 0.497 e. The number of carbonyl (C=O) groups excluding carboxylic acids is 7. The summed E-state index contributed by atoms with van der Waals surface area (Å²) in [5, 5.41) is 20.7. The van der Waals surface area contributed by atoms with E-state index < -0.39 is 42.8 Å². The minimum Gasteiger partial charge on any atom is -0.497 e. The monoisotopic (exact) mass is 1030 g/mol. The van der Waals surface area contributed by atoms with Gasteiger partial charge in [0.25, 0.3) is 17.7 Å². The fourth-order valence-electron chi connectivity index (χ4n) is 11.7. The standard InChI is InChI=1S/C54H53BClN9O10/c1-28-62-63-49-40(60-46(29-12-14-34(56)15-13-29)39-25-35(73-2)16-17-41(39)64(28)49)26-44(67)57-20-4-3-5-21-58-50(68)30-8-6-10-33(22-30)55-74-47-32-23-37(48(47)75-55)38(24-32)51(69)59-27-31-9-7-11-36-45(31)54(72)65(53(36)71)42-18-19-43(66)61-52(42)70/h6-17,22,25,32,37-38,40,42,47-48H,3-5,18-21,23-24,26-27H2,1-2H3,(H,57,67)(H,58,68)(H,59,69)(H,61,66,70)/t32-,37+,38+,40-,42?,47-,48+/m0/s1. The Morgan fingerprint density at radius 2 is 1.64 bits per heavy atom. The zero-order chi connectivity index (χ0) is 52.1. The molecule has 4 fully saturated rings. The van der Waals surface area contributed by atoms with E-state index in [4.69, 9.17) is 30.6 Å². The molecule has 4 aromatic carbocycles. The number of ether oxygens (including phenoxy) is 1. The average molecular weight is 1030 g/mol. The fourth-order valence-corrected chi connectivity index (χ4v) is 11.8. The van der Waals surface area contributed by atoms with Crippen molar-refractivity contribution < 1.29 is 47.6 Å². The third-order valence-electron chi connectivity index (χ3n) is 15.3. The number of aliphatic imine (C=N–C) groups is 1. The normalized spacial score (nSPS) is 23.2. The van der Waals surface area contributed by atoms with Crippen LogP contribution in [0.3, 0.4) is 0 Å². The zero-order valence-electron chi connectivity index (χ0n) is 41.2. The van der Waals surface area contributed by atoms with Gasteiger partial charge in [0, 0.05) is 53.7 Å². The van der Waals surface area contributed by atoms with Crippen LogP contribution in [-0.2, 0) is 35.0 Å².